The highest BCUT2D eigenvalue weighted by molar-refractivity contribution is 5.83. The number of benzene rings is 1. The van der Waals surface area contributed by atoms with Gasteiger partial charge in [-0.25, -0.2) is 4.79 Å². The Hall–Kier alpha value is -2.55. The lowest BCUT2D eigenvalue weighted by atomic mass is 10.1. The molecular formula is C19H22O3. The van der Waals surface area contributed by atoms with E-state index < -0.39 is 0 Å². The van der Waals surface area contributed by atoms with Gasteiger partial charge in [0.2, 0.25) is 0 Å². The van der Waals surface area contributed by atoms with Gasteiger partial charge >= 0.3 is 5.97 Å². The Morgan fingerprint density at radius 3 is 2.59 bits per heavy atom. The van der Waals surface area contributed by atoms with Crippen LogP contribution in [0, 0.1) is 0 Å². The second-order valence-electron chi connectivity index (χ2n) is 4.80. The van der Waals surface area contributed by atoms with Crippen molar-refractivity contribution in [1.29, 1.82) is 0 Å². The highest BCUT2D eigenvalue weighted by Gasteiger charge is 1.95. The van der Waals surface area contributed by atoms with Gasteiger partial charge in [0.15, 0.2) is 0 Å². The van der Waals surface area contributed by atoms with Gasteiger partial charge in [-0.3, -0.25) is 0 Å². The van der Waals surface area contributed by atoms with Crippen LogP contribution in [-0.2, 0) is 9.53 Å². The molecule has 0 aromatic heterocycles. The van der Waals surface area contributed by atoms with Gasteiger partial charge in [-0.2, -0.15) is 0 Å². The van der Waals surface area contributed by atoms with E-state index in [4.69, 9.17) is 4.74 Å². The molecule has 0 aliphatic carbocycles. The molecule has 0 heterocycles. The zero-order valence-electron chi connectivity index (χ0n) is 13.2. The number of esters is 1. The summed E-state index contributed by atoms with van der Waals surface area (Å²) in [4.78, 5) is 11.3. The average molecular weight is 298 g/mol. The third-order valence-corrected chi connectivity index (χ3v) is 2.81. The second kappa shape index (κ2) is 9.40. The standard InChI is InChI=1S/C19H22O3/c1-4-22-19(21)14-16(3)9-7-8-15(2)12-13-17-10-5-6-11-18(17)20/h5-14,20H,4H2,1-3H3/b9-7+,13-12?,15-8?,16-14+. The zero-order chi connectivity index (χ0) is 16.4. The maximum Gasteiger partial charge on any atom is 0.330 e. The van der Waals surface area contributed by atoms with Crippen LogP contribution in [0.25, 0.3) is 6.08 Å². The van der Waals surface area contributed by atoms with Gasteiger partial charge in [-0.15, -0.1) is 0 Å². The van der Waals surface area contributed by atoms with Crippen molar-refractivity contribution in [3.8, 4) is 5.75 Å². The maximum atomic E-state index is 11.3. The van der Waals surface area contributed by atoms with Crippen molar-refractivity contribution in [2.75, 3.05) is 6.61 Å². The minimum absolute atomic E-state index is 0.260. The van der Waals surface area contributed by atoms with Gasteiger partial charge in [-0.05, 0) is 32.4 Å². The summed E-state index contributed by atoms with van der Waals surface area (Å²) in [6.45, 7) is 5.96. The molecule has 0 spiro atoms. The predicted octanol–water partition coefficient (Wildman–Crippen LogP) is 4.42. The van der Waals surface area contributed by atoms with Crippen LogP contribution in [0.1, 0.15) is 26.3 Å². The Labute approximate surface area is 131 Å². The molecule has 0 radical (unpaired) electrons. The van der Waals surface area contributed by atoms with Crippen molar-refractivity contribution in [1.82, 2.24) is 0 Å². The van der Waals surface area contributed by atoms with E-state index >= 15 is 0 Å². The van der Waals surface area contributed by atoms with Crippen LogP contribution in [0.3, 0.4) is 0 Å². The molecular weight excluding hydrogens is 276 g/mol. The summed E-state index contributed by atoms with van der Waals surface area (Å²) >= 11 is 0. The Kier molecular flexibility index (Phi) is 7.48. The molecule has 0 saturated carbocycles. The molecule has 0 fully saturated rings. The number of ether oxygens (including phenoxy) is 1. The summed E-state index contributed by atoms with van der Waals surface area (Å²) in [6.07, 6.45) is 10.9. The third-order valence-electron chi connectivity index (χ3n) is 2.81. The Bertz CT molecular complexity index is 619. The van der Waals surface area contributed by atoms with E-state index in [-0.39, 0.29) is 11.7 Å². The molecule has 0 unspecified atom stereocenters. The van der Waals surface area contributed by atoms with Gasteiger partial charge in [0.25, 0.3) is 0 Å². The molecule has 1 N–H and O–H groups in total. The van der Waals surface area contributed by atoms with Crippen LogP contribution in [0.2, 0.25) is 0 Å². The first-order valence-electron chi connectivity index (χ1n) is 7.19. The molecule has 0 atom stereocenters. The van der Waals surface area contributed by atoms with Gasteiger partial charge in [0, 0.05) is 11.6 Å². The SMILES string of the molecule is CCOC(=O)/C=C(C)/C=C/C=C(C)C=Cc1ccccc1O. The van der Waals surface area contributed by atoms with Gasteiger partial charge < -0.3 is 9.84 Å². The summed E-state index contributed by atoms with van der Waals surface area (Å²) in [5, 5.41) is 9.66. The smallest absolute Gasteiger partial charge is 0.330 e. The predicted molar refractivity (Wildman–Crippen MR) is 90.4 cm³/mol. The fourth-order valence-corrected chi connectivity index (χ4v) is 1.67. The van der Waals surface area contributed by atoms with E-state index in [0.717, 1.165) is 16.7 Å². The molecule has 116 valence electrons. The van der Waals surface area contributed by atoms with Crippen LogP contribution in [-0.4, -0.2) is 17.7 Å². The third kappa shape index (κ3) is 6.75. The summed E-state index contributed by atoms with van der Waals surface area (Å²) < 4.78 is 4.84. The molecule has 3 heteroatoms. The number of aromatic hydroxyl groups is 1. The summed E-state index contributed by atoms with van der Waals surface area (Å²) in [5.74, 6) is -0.0693. The first-order valence-corrected chi connectivity index (χ1v) is 7.19. The van der Waals surface area contributed by atoms with Crippen molar-refractivity contribution < 1.29 is 14.6 Å². The summed E-state index contributed by atoms with van der Waals surface area (Å²) in [6, 6.07) is 7.17. The zero-order valence-corrected chi connectivity index (χ0v) is 13.2. The number of phenols is 1. The van der Waals surface area contributed by atoms with Gasteiger partial charge in [-0.1, -0.05) is 54.2 Å². The van der Waals surface area contributed by atoms with Crippen LogP contribution >= 0.6 is 0 Å². The first-order chi connectivity index (χ1) is 10.5. The lowest BCUT2D eigenvalue weighted by Gasteiger charge is -1.97. The van der Waals surface area contributed by atoms with E-state index in [1.54, 1.807) is 19.1 Å². The lowest BCUT2D eigenvalue weighted by molar-refractivity contribution is -0.137. The fraction of sp³-hybridized carbons (Fsp3) is 0.211. The number of phenolic OH excluding ortho intramolecular Hbond substituents is 1. The fourth-order valence-electron chi connectivity index (χ4n) is 1.67. The Morgan fingerprint density at radius 2 is 1.91 bits per heavy atom. The van der Waals surface area contributed by atoms with E-state index in [1.165, 1.54) is 6.08 Å². The van der Waals surface area contributed by atoms with Crippen molar-refractivity contribution in [3.05, 3.63) is 71.4 Å². The molecule has 0 aliphatic heterocycles. The molecule has 1 aromatic rings. The van der Waals surface area contributed by atoms with Crippen molar-refractivity contribution in [3.63, 3.8) is 0 Å². The summed E-state index contributed by atoms with van der Waals surface area (Å²) in [5.41, 5.74) is 2.63. The first kappa shape index (κ1) is 17.5. The number of allylic oxidation sites excluding steroid dienone is 6. The number of rotatable bonds is 6. The Balaban J connectivity index is 2.64. The van der Waals surface area contributed by atoms with Crippen LogP contribution in [0.15, 0.2) is 65.8 Å². The largest absolute Gasteiger partial charge is 0.507 e. The number of para-hydroxylation sites is 1. The van der Waals surface area contributed by atoms with Crippen molar-refractivity contribution in [2.24, 2.45) is 0 Å². The van der Waals surface area contributed by atoms with E-state index in [2.05, 4.69) is 0 Å². The molecule has 0 saturated heterocycles. The molecule has 22 heavy (non-hydrogen) atoms. The second-order valence-corrected chi connectivity index (χ2v) is 4.80. The lowest BCUT2D eigenvalue weighted by Crippen LogP contribution is -1.99. The quantitative estimate of drug-likeness (QED) is 0.480. The van der Waals surface area contributed by atoms with Crippen molar-refractivity contribution >= 4 is 12.0 Å². The average Bonchev–Trinajstić information content (AvgIpc) is 2.46. The molecule has 0 bridgehead atoms. The number of carbonyl (C=O) groups is 1. The van der Waals surface area contributed by atoms with E-state index in [1.807, 2.05) is 56.4 Å². The number of hydrogen-bond acceptors (Lipinski definition) is 3. The molecule has 1 aromatic carbocycles. The maximum absolute atomic E-state index is 11.3. The molecule has 0 amide bonds. The topological polar surface area (TPSA) is 46.5 Å². The van der Waals surface area contributed by atoms with E-state index in [0.29, 0.717) is 6.61 Å². The van der Waals surface area contributed by atoms with Crippen molar-refractivity contribution in [2.45, 2.75) is 20.8 Å². The monoisotopic (exact) mass is 298 g/mol. The summed E-state index contributed by atoms with van der Waals surface area (Å²) in [7, 11) is 0. The van der Waals surface area contributed by atoms with Crippen LogP contribution in [0.4, 0.5) is 0 Å². The van der Waals surface area contributed by atoms with Crippen LogP contribution < -0.4 is 0 Å². The highest BCUT2D eigenvalue weighted by Crippen LogP contribution is 2.17. The molecule has 3 nitrogen and oxygen atoms in total. The van der Waals surface area contributed by atoms with Crippen LogP contribution in [0.5, 0.6) is 5.75 Å². The van der Waals surface area contributed by atoms with E-state index in [9.17, 15) is 9.90 Å². The number of carbonyl (C=O) groups excluding carboxylic acids is 1. The molecule has 1 rings (SSSR count). The minimum atomic E-state index is -0.329. The number of hydrogen-bond donors (Lipinski definition) is 1. The molecule has 0 aliphatic rings. The minimum Gasteiger partial charge on any atom is -0.507 e. The van der Waals surface area contributed by atoms with Gasteiger partial charge in [0.05, 0.1) is 6.61 Å². The van der Waals surface area contributed by atoms with Gasteiger partial charge in [0.1, 0.15) is 5.75 Å². The normalized spacial score (nSPS) is 13.0. The Morgan fingerprint density at radius 1 is 1.18 bits per heavy atom. The highest BCUT2D eigenvalue weighted by atomic mass is 16.5.